The quantitative estimate of drug-likeness (QED) is 0.346. The zero-order valence-corrected chi connectivity index (χ0v) is 22.3. The SMILES string of the molecule is CCN(CC)CCN(C(=O)CCS(=O)(=O)c1ccc(F)cc1)c1nc2c(C)cc(C)cc2s1.Cl. The molecule has 3 rings (SSSR count). The smallest absolute Gasteiger partial charge is 0.229 e. The molecular formula is C24H31ClFN3O3S2. The predicted octanol–water partition coefficient (Wildman–Crippen LogP) is 5.01. The Morgan fingerprint density at radius 1 is 1.06 bits per heavy atom. The Kier molecular flexibility index (Phi) is 9.99. The molecule has 2 aromatic carbocycles. The van der Waals surface area contributed by atoms with Gasteiger partial charge >= 0.3 is 0 Å². The second-order valence-corrected chi connectivity index (χ2v) is 11.1. The number of amides is 1. The van der Waals surface area contributed by atoms with Crippen molar-refractivity contribution in [1.29, 1.82) is 0 Å². The van der Waals surface area contributed by atoms with Crippen LogP contribution in [0.1, 0.15) is 31.4 Å². The summed E-state index contributed by atoms with van der Waals surface area (Å²) in [5.74, 6) is -1.14. The zero-order valence-electron chi connectivity index (χ0n) is 19.9. The first-order valence-electron chi connectivity index (χ1n) is 11.0. The van der Waals surface area contributed by atoms with Crippen LogP contribution in [0.4, 0.5) is 9.52 Å². The highest BCUT2D eigenvalue weighted by Gasteiger charge is 2.24. The molecule has 1 amide bonds. The molecule has 0 aliphatic carbocycles. The van der Waals surface area contributed by atoms with Crippen molar-refractivity contribution in [3.05, 3.63) is 53.3 Å². The normalized spacial score (nSPS) is 11.6. The highest BCUT2D eigenvalue weighted by Crippen LogP contribution is 2.32. The summed E-state index contributed by atoms with van der Waals surface area (Å²) >= 11 is 1.44. The van der Waals surface area contributed by atoms with Crippen LogP contribution >= 0.6 is 23.7 Å². The molecule has 0 radical (unpaired) electrons. The van der Waals surface area contributed by atoms with Crippen molar-refractivity contribution in [3.8, 4) is 0 Å². The van der Waals surface area contributed by atoms with E-state index in [1.165, 1.54) is 23.5 Å². The maximum atomic E-state index is 13.2. The number of carbonyl (C=O) groups is 1. The summed E-state index contributed by atoms with van der Waals surface area (Å²) in [4.78, 5) is 21.8. The van der Waals surface area contributed by atoms with Crippen LogP contribution in [-0.2, 0) is 14.6 Å². The predicted molar refractivity (Wildman–Crippen MR) is 140 cm³/mol. The summed E-state index contributed by atoms with van der Waals surface area (Å²) in [6.07, 6.45) is -0.175. The van der Waals surface area contributed by atoms with Gasteiger partial charge in [0.1, 0.15) is 5.82 Å². The summed E-state index contributed by atoms with van der Waals surface area (Å²) in [6, 6.07) is 8.78. The van der Waals surface area contributed by atoms with E-state index in [-0.39, 0.29) is 35.4 Å². The lowest BCUT2D eigenvalue weighted by Gasteiger charge is -2.24. The number of fused-ring (bicyclic) bond motifs is 1. The number of thiazole rings is 1. The fraction of sp³-hybridized carbons (Fsp3) is 0.417. The van der Waals surface area contributed by atoms with E-state index in [1.807, 2.05) is 13.8 Å². The topological polar surface area (TPSA) is 70.6 Å². The molecule has 186 valence electrons. The van der Waals surface area contributed by atoms with Crippen molar-refractivity contribution >= 4 is 54.8 Å². The number of likely N-dealkylation sites (N-methyl/N-ethyl adjacent to an activating group) is 1. The molecule has 0 saturated heterocycles. The maximum absolute atomic E-state index is 13.2. The highest BCUT2D eigenvalue weighted by molar-refractivity contribution is 7.91. The number of halogens is 2. The van der Waals surface area contributed by atoms with Crippen molar-refractivity contribution < 1.29 is 17.6 Å². The summed E-state index contributed by atoms with van der Waals surface area (Å²) in [7, 11) is -3.71. The van der Waals surface area contributed by atoms with E-state index in [4.69, 9.17) is 4.98 Å². The number of carbonyl (C=O) groups excluding carboxylic acids is 1. The zero-order chi connectivity index (χ0) is 24.2. The number of anilines is 1. The Labute approximate surface area is 211 Å². The van der Waals surface area contributed by atoms with Gasteiger partial charge in [-0.15, -0.1) is 12.4 Å². The van der Waals surface area contributed by atoms with Gasteiger partial charge in [-0.2, -0.15) is 0 Å². The number of aryl methyl sites for hydroxylation is 2. The lowest BCUT2D eigenvalue weighted by Crippen LogP contribution is -2.39. The number of hydrogen-bond acceptors (Lipinski definition) is 6. The second-order valence-electron chi connectivity index (χ2n) is 8.02. The van der Waals surface area contributed by atoms with Gasteiger partial charge in [0, 0.05) is 19.5 Å². The van der Waals surface area contributed by atoms with Gasteiger partial charge in [-0.05, 0) is 68.4 Å². The van der Waals surface area contributed by atoms with Crippen molar-refractivity contribution in [3.63, 3.8) is 0 Å². The fourth-order valence-corrected chi connectivity index (χ4v) is 6.11. The molecule has 0 saturated carbocycles. The van der Waals surface area contributed by atoms with Crippen LogP contribution in [0.2, 0.25) is 0 Å². The number of benzene rings is 2. The van der Waals surface area contributed by atoms with Gasteiger partial charge in [0.25, 0.3) is 0 Å². The van der Waals surface area contributed by atoms with E-state index in [0.717, 1.165) is 46.6 Å². The number of rotatable bonds is 10. The Morgan fingerprint density at radius 3 is 2.32 bits per heavy atom. The fourth-order valence-electron chi connectivity index (χ4n) is 3.70. The Hall–Kier alpha value is -2.07. The summed E-state index contributed by atoms with van der Waals surface area (Å²) in [6.45, 7) is 11.0. The maximum Gasteiger partial charge on any atom is 0.229 e. The number of nitrogens with zero attached hydrogens (tertiary/aromatic N) is 3. The molecule has 0 aliphatic rings. The van der Waals surface area contributed by atoms with Gasteiger partial charge in [-0.3, -0.25) is 9.69 Å². The molecule has 34 heavy (non-hydrogen) atoms. The van der Waals surface area contributed by atoms with Crippen molar-refractivity contribution in [2.45, 2.75) is 39.0 Å². The van der Waals surface area contributed by atoms with Crippen LogP contribution in [0, 0.1) is 19.7 Å². The van der Waals surface area contributed by atoms with E-state index >= 15 is 0 Å². The lowest BCUT2D eigenvalue weighted by atomic mass is 10.1. The van der Waals surface area contributed by atoms with Crippen molar-refractivity contribution in [2.24, 2.45) is 0 Å². The van der Waals surface area contributed by atoms with E-state index in [0.29, 0.717) is 18.2 Å². The highest BCUT2D eigenvalue weighted by atomic mass is 35.5. The van der Waals surface area contributed by atoms with Gasteiger partial charge in [0.2, 0.25) is 5.91 Å². The lowest BCUT2D eigenvalue weighted by molar-refractivity contribution is -0.118. The minimum Gasteiger partial charge on any atom is -0.302 e. The first-order chi connectivity index (χ1) is 15.6. The second kappa shape index (κ2) is 12.1. The van der Waals surface area contributed by atoms with Crippen LogP contribution in [-0.4, -0.2) is 56.1 Å². The number of aromatic nitrogens is 1. The van der Waals surface area contributed by atoms with E-state index < -0.39 is 15.7 Å². The van der Waals surface area contributed by atoms with Gasteiger partial charge in [0.05, 0.1) is 20.9 Å². The molecule has 1 heterocycles. The molecule has 6 nitrogen and oxygen atoms in total. The summed E-state index contributed by atoms with van der Waals surface area (Å²) in [5, 5.41) is 0.579. The molecule has 0 N–H and O–H groups in total. The Balaban J connectivity index is 0.00000408. The van der Waals surface area contributed by atoms with Gasteiger partial charge in [-0.1, -0.05) is 31.3 Å². The van der Waals surface area contributed by atoms with E-state index in [1.54, 1.807) is 4.90 Å². The summed E-state index contributed by atoms with van der Waals surface area (Å²) < 4.78 is 39.5. The number of sulfone groups is 1. The van der Waals surface area contributed by atoms with Gasteiger partial charge in [-0.25, -0.2) is 17.8 Å². The van der Waals surface area contributed by atoms with Crippen molar-refractivity contribution in [2.75, 3.05) is 36.8 Å². The number of hydrogen-bond donors (Lipinski definition) is 0. The third-order valence-electron chi connectivity index (χ3n) is 5.64. The van der Waals surface area contributed by atoms with Gasteiger partial charge in [0.15, 0.2) is 15.0 Å². The average molecular weight is 528 g/mol. The minimum atomic E-state index is -3.71. The minimum absolute atomic E-state index is 0. The third kappa shape index (κ3) is 6.75. The van der Waals surface area contributed by atoms with E-state index in [9.17, 15) is 17.6 Å². The Bertz CT molecular complexity index is 1230. The van der Waals surface area contributed by atoms with Crippen LogP contribution < -0.4 is 4.90 Å². The standard InChI is InChI=1S/C24H30FN3O3S2.ClH/c1-5-27(6-2)12-13-28(24-26-23-18(4)15-17(3)16-21(23)32-24)22(29)11-14-33(30,31)20-9-7-19(25)8-10-20;/h7-10,15-16H,5-6,11-14H2,1-4H3;1H. The summed E-state index contributed by atoms with van der Waals surface area (Å²) in [5.41, 5.74) is 3.03. The molecule has 3 aromatic rings. The average Bonchev–Trinajstić information content (AvgIpc) is 3.19. The first kappa shape index (κ1) is 28.2. The molecule has 0 fully saturated rings. The first-order valence-corrected chi connectivity index (χ1v) is 13.5. The Morgan fingerprint density at radius 2 is 1.71 bits per heavy atom. The van der Waals surface area contributed by atoms with Gasteiger partial charge < -0.3 is 4.90 Å². The third-order valence-corrected chi connectivity index (χ3v) is 8.40. The van der Waals surface area contributed by atoms with Crippen LogP contribution in [0.25, 0.3) is 10.2 Å². The van der Waals surface area contributed by atoms with Crippen molar-refractivity contribution in [1.82, 2.24) is 9.88 Å². The van der Waals surface area contributed by atoms with Crippen LogP contribution in [0.15, 0.2) is 41.3 Å². The largest absolute Gasteiger partial charge is 0.302 e. The van der Waals surface area contributed by atoms with Crippen LogP contribution in [0.5, 0.6) is 0 Å². The molecular weight excluding hydrogens is 497 g/mol. The van der Waals surface area contributed by atoms with E-state index in [2.05, 4.69) is 30.9 Å². The molecule has 0 bridgehead atoms. The molecule has 1 aromatic heterocycles. The monoisotopic (exact) mass is 527 g/mol. The molecule has 0 unspecified atom stereocenters. The van der Waals surface area contributed by atoms with Crippen LogP contribution in [0.3, 0.4) is 0 Å². The molecule has 0 spiro atoms. The molecule has 10 heteroatoms. The molecule has 0 aliphatic heterocycles. The molecule has 0 atom stereocenters.